The van der Waals surface area contributed by atoms with Crippen molar-refractivity contribution in [1.29, 1.82) is 5.41 Å². The van der Waals surface area contributed by atoms with Crippen LogP contribution in [0, 0.1) is 5.41 Å². The fraction of sp³-hybridized carbons (Fsp3) is 0.208. The number of anilines is 1. The molecule has 6 N–H and O–H groups in total. The summed E-state index contributed by atoms with van der Waals surface area (Å²) in [6.07, 6.45) is 3.92. The van der Waals surface area contributed by atoms with Crippen molar-refractivity contribution in [3.8, 4) is 16.9 Å². The maximum Gasteiger partial charge on any atom is 0.253 e. The molecule has 4 rings (SSSR count). The Morgan fingerprint density at radius 2 is 1.97 bits per heavy atom. The molecule has 176 valence electrons. The molecule has 8 nitrogen and oxygen atoms in total. The molecule has 1 fully saturated rings. The molecule has 1 saturated heterocycles. The minimum Gasteiger partial charge on any atom is -0.505 e. The maximum absolute atomic E-state index is 12.9. The van der Waals surface area contributed by atoms with Crippen LogP contribution in [0.4, 0.5) is 5.69 Å². The highest BCUT2D eigenvalue weighted by atomic mass is 35.5. The predicted molar refractivity (Wildman–Crippen MR) is 133 cm³/mol. The number of carbonyl (C=O) groups excluding carboxylic acids is 1. The van der Waals surface area contributed by atoms with Gasteiger partial charge >= 0.3 is 0 Å². The number of nitrogens with two attached hydrogens (primary N) is 1. The van der Waals surface area contributed by atoms with Crippen LogP contribution in [-0.2, 0) is 6.61 Å². The smallest absolute Gasteiger partial charge is 0.253 e. The van der Waals surface area contributed by atoms with E-state index in [1.54, 1.807) is 42.7 Å². The highest BCUT2D eigenvalue weighted by Gasteiger charge is 2.28. The van der Waals surface area contributed by atoms with Gasteiger partial charge in [-0.05, 0) is 47.9 Å². The molecular weight excluding hydrogens is 477 g/mol. The van der Waals surface area contributed by atoms with Gasteiger partial charge in [0, 0.05) is 37.1 Å². The Morgan fingerprint density at radius 3 is 2.68 bits per heavy atom. The van der Waals surface area contributed by atoms with Crippen molar-refractivity contribution >= 4 is 40.6 Å². The van der Waals surface area contributed by atoms with Crippen molar-refractivity contribution in [2.75, 3.05) is 18.0 Å². The van der Waals surface area contributed by atoms with Crippen LogP contribution in [0.3, 0.4) is 0 Å². The molecule has 2 aromatic carbocycles. The van der Waals surface area contributed by atoms with E-state index >= 15 is 0 Å². The van der Waals surface area contributed by atoms with Gasteiger partial charge in [0.05, 0.1) is 33.5 Å². The normalized spacial score (nSPS) is 15.4. The summed E-state index contributed by atoms with van der Waals surface area (Å²) in [6.45, 7) is 0.948. The van der Waals surface area contributed by atoms with E-state index in [4.69, 9.17) is 34.3 Å². The monoisotopic (exact) mass is 499 g/mol. The van der Waals surface area contributed by atoms with Crippen molar-refractivity contribution in [2.45, 2.75) is 19.1 Å². The van der Waals surface area contributed by atoms with Crippen LogP contribution in [-0.4, -0.2) is 46.1 Å². The van der Waals surface area contributed by atoms with Gasteiger partial charge in [-0.1, -0.05) is 29.3 Å². The van der Waals surface area contributed by atoms with E-state index in [0.29, 0.717) is 41.3 Å². The summed E-state index contributed by atoms with van der Waals surface area (Å²) in [4.78, 5) is 18.9. The lowest BCUT2D eigenvalue weighted by Crippen LogP contribution is -2.37. The number of nitrogens with zero attached hydrogens (tertiary/aromatic N) is 2. The quantitative estimate of drug-likeness (QED) is 0.260. The van der Waals surface area contributed by atoms with Gasteiger partial charge in [0.1, 0.15) is 5.84 Å². The highest BCUT2D eigenvalue weighted by Crippen LogP contribution is 2.37. The van der Waals surface area contributed by atoms with Gasteiger partial charge in [-0.25, -0.2) is 0 Å². The molecule has 0 bridgehead atoms. The summed E-state index contributed by atoms with van der Waals surface area (Å²) in [5.74, 6) is -0.758. The third-order valence-electron chi connectivity index (χ3n) is 5.76. The average molecular weight is 500 g/mol. The van der Waals surface area contributed by atoms with Crippen LogP contribution in [0.5, 0.6) is 5.75 Å². The molecule has 1 aromatic heterocycles. The number of hydrogen-bond acceptors (Lipinski definition) is 6. The first kappa shape index (κ1) is 23.8. The number of benzene rings is 2. The zero-order chi connectivity index (χ0) is 24.4. The number of aliphatic hydroxyl groups is 1. The number of halogens is 2. The number of rotatable bonds is 6. The first-order valence-electron chi connectivity index (χ1n) is 10.5. The zero-order valence-electron chi connectivity index (χ0n) is 18.1. The van der Waals surface area contributed by atoms with Crippen molar-refractivity contribution in [3.63, 3.8) is 0 Å². The first-order valence-corrected chi connectivity index (χ1v) is 11.3. The Kier molecular flexibility index (Phi) is 6.92. The molecule has 0 saturated carbocycles. The van der Waals surface area contributed by atoms with Crippen molar-refractivity contribution in [1.82, 2.24) is 10.3 Å². The largest absolute Gasteiger partial charge is 0.505 e. The highest BCUT2D eigenvalue weighted by molar-refractivity contribution is 6.35. The fourth-order valence-corrected chi connectivity index (χ4v) is 4.56. The molecule has 0 unspecified atom stereocenters. The molecule has 0 radical (unpaired) electrons. The molecular formula is C24H23Cl2N5O3. The topological polar surface area (TPSA) is 136 Å². The summed E-state index contributed by atoms with van der Waals surface area (Å²) in [5.41, 5.74) is 8.77. The molecule has 0 spiro atoms. The molecule has 34 heavy (non-hydrogen) atoms. The Bertz CT molecular complexity index is 1270. The fourth-order valence-electron chi connectivity index (χ4n) is 4.04. The van der Waals surface area contributed by atoms with Gasteiger partial charge < -0.3 is 26.2 Å². The van der Waals surface area contributed by atoms with Crippen LogP contribution >= 0.6 is 23.2 Å². The van der Waals surface area contributed by atoms with Crippen LogP contribution in [0.15, 0.2) is 48.8 Å². The second-order valence-corrected chi connectivity index (χ2v) is 8.86. The summed E-state index contributed by atoms with van der Waals surface area (Å²) in [6, 6.07) is 10.1. The van der Waals surface area contributed by atoms with E-state index in [1.165, 1.54) is 0 Å². The molecule has 1 atom stereocenters. The Labute approximate surface area is 206 Å². The third kappa shape index (κ3) is 4.79. The number of aliphatic hydroxyl groups excluding tert-OH is 1. The predicted octanol–water partition coefficient (Wildman–Crippen LogP) is 3.55. The number of nitrogen functional groups attached to an aromatic ring is 1. The Balaban J connectivity index is 1.46. The summed E-state index contributed by atoms with van der Waals surface area (Å²) >= 11 is 12.5. The zero-order valence-corrected chi connectivity index (χ0v) is 19.6. The molecule has 1 aliphatic rings. The summed E-state index contributed by atoms with van der Waals surface area (Å²) in [5, 5.41) is 31.0. The lowest BCUT2D eigenvalue weighted by Gasteiger charge is -2.22. The molecule has 1 amide bonds. The molecule has 0 aliphatic carbocycles. The number of amides is 1. The third-order valence-corrected chi connectivity index (χ3v) is 6.39. The van der Waals surface area contributed by atoms with Gasteiger partial charge in [-0.2, -0.15) is 0 Å². The number of aromatic nitrogens is 1. The minimum atomic E-state index is -0.314. The van der Waals surface area contributed by atoms with E-state index in [9.17, 15) is 15.0 Å². The SMILES string of the molecule is N=C(N)c1c(Cl)ccc(N2CC[C@@H](NC(=O)c3ccc(-c4cncc(CO)c4)cc3Cl)C2)c1O. The van der Waals surface area contributed by atoms with Gasteiger partial charge in [0.25, 0.3) is 5.91 Å². The van der Waals surface area contributed by atoms with Crippen LogP contribution in [0.2, 0.25) is 10.0 Å². The van der Waals surface area contributed by atoms with Crippen LogP contribution in [0.1, 0.15) is 27.9 Å². The van der Waals surface area contributed by atoms with Gasteiger partial charge in [-0.3, -0.25) is 15.2 Å². The van der Waals surface area contributed by atoms with Crippen molar-refractivity contribution in [3.05, 3.63) is 75.5 Å². The maximum atomic E-state index is 12.9. The van der Waals surface area contributed by atoms with E-state index < -0.39 is 0 Å². The second-order valence-electron chi connectivity index (χ2n) is 8.04. The van der Waals surface area contributed by atoms with E-state index in [-0.39, 0.29) is 40.7 Å². The number of pyridine rings is 1. The van der Waals surface area contributed by atoms with E-state index in [1.807, 2.05) is 11.0 Å². The number of carbonyl (C=O) groups is 1. The summed E-state index contributed by atoms with van der Waals surface area (Å²) in [7, 11) is 0. The van der Waals surface area contributed by atoms with E-state index in [2.05, 4.69) is 10.3 Å². The van der Waals surface area contributed by atoms with E-state index in [0.717, 1.165) is 11.1 Å². The Morgan fingerprint density at radius 1 is 1.18 bits per heavy atom. The first-order chi connectivity index (χ1) is 16.3. The van der Waals surface area contributed by atoms with Crippen LogP contribution < -0.4 is 16.0 Å². The van der Waals surface area contributed by atoms with Gasteiger partial charge in [0.2, 0.25) is 0 Å². The number of aromatic hydroxyl groups is 1. The number of phenols is 1. The molecule has 3 aromatic rings. The summed E-state index contributed by atoms with van der Waals surface area (Å²) < 4.78 is 0. The minimum absolute atomic E-state index is 0.0956. The van der Waals surface area contributed by atoms with Gasteiger partial charge in [0.15, 0.2) is 5.75 Å². The molecule has 1 aliphatic heterocycles. The lowest BCUT2D eigenvalue weighted by atomic mass is 10.0. The standard InChI is InChI=1S/C24H23Cl2N5O3/c25-18-3-4-20(22(33)21(18)23(27)28)31-6-5-16(11-31)30-24(34)17-2-1-14(8-19(17)26)15-7-13(12-32)9-29-10-15/h1-4,7-10,16,32-33H,5-6,11-12H2,(H3,27,28)(H,30,34)/t16-/m1/s1. The Hall–Kier alpha value is -3.33. The average Bonchev–Trinajstić information content (AvgIpc) is 3.26. The number of phenolic OH excluding ortho intramolecular Hbond substituents is 1. The number of hydrogen-bond donors (Lipinski definition) is 5. The number of nitrogens with one attached hydrogen (secondary N) is 2. The van der Waals surface area contributed by atoms with Gasteiger partial charge in [-0.15, -0.1) is 0 Å². The molecule has 2 heterocycles. The number of amidine groups is 1. The second kappa shape index (κ2) is 9.89. The molecule has 10 heteroatoms. The van der Waals surface area contributed by atoms with Crippen LogP contribution in [0.25, 0.3) is 11.1 Å². The van der Waals surface area contributed by atoms with Crippen molar-refractivity contribution < 1.29 is 15.0 Å². The lowest BCUT2D eigenvalue weighted by molar-refractivity contribution is 0.0940. The van der Waals surface area contributed by atoms with Crippen molar-refractivity contribution in [2.24, 2.45) is 5.73 Å².